The second kappa shape index (κ2) is 15.7. The first-order valence-electron chi connectivity index (χ1n) is 10.7. The molecular weight excluding hydrogens is 479 g/mol. The number of nitrogens with zero attached hydrogens (tertiary/aromatic N) is 2. The molecule has 0 radical (unpaired) electrons. The lowest BCUT2D eigenvalue weighted by Crippen LogP contribution is -2.38. The Balaban J connectivity index is 0.00000420. The predicted molar refractivity (Wildman–Crippen MR) is 131 cm³/mol. The van der Waals surface area contributed by atoms with Gasteiger partial charge in [-0.2, -0.15) is 0 Å². The normalized spacial score (nSPS) is 15.2. The lowest BCUT2D eigenvalue weighted by Gasteiger charge is -2.31. The molecule has 0 aliphatic carbocycles. The van der Waals surface area contributed by atoms with Crippen LogP contribution in [0.4, 0.5) is 0 Å². The van der Waals surface area contributed by atoms with E-state index in [1.54, 1.807) is 0 Å². The van der Waals surface area contributed by atoms with Crippen molar-refractivity contribution in [3.8, 4) is 5.75 Å². The van der Waals surface area contributed by atoms with Crippen LogP contribution in [-0.4, -0.2) is 56.9 Å². The molecular formula is C22H39IN4O2. The summed E-state index contributed by atoms with van der Waals surface area (Å²) in [5, 5.41) is 3.19. The van der Waals surface area contributed by atoms with Crippen molar-refractivity contribution in [3.05, 3.63) is 29.8 Å². The first kappa shape index (κ1) is 26.0. The number of aliphatic imine (C=N–C) groups is 1. The maximum atomic E-state index is 5.95. The Morgan fingerprint density at radius 2 is 2.07 bits per heavy atom. The van der Waals surface area contributed by atoms with Crippen molar-refractivity contribution in [1.29, 1.82) is 0 Å². The molecule has 166 valence electrons. The fourth-order valence-corrected chi connectivity index (χ4v) is 3.35. The average molecular weight is 518 g/mol. The second-order valence-corrected chi connectivity index (χ2v) is 7.51. The van der Waals surface area contributed by atoms with Gasteiger partial charge in [0.2, 0.25) is 0 Å². The summed E-state index contributed by atoms with van der Waals surface area (Å²) in [6.07, 6.45) is 7.11. The van der Waals surface area contributed by atoms with Gasteiger partial charge in [0, 0.05) is 32.3 Å². The zero-order chi connectivity index (χ0) is 20.0. The highest BCUT2D eigenvalue weighted by atomic mass is 127. The van der Waals surface area contributed by atoms with E-state index in [1.165, 1.54) is 19.3 Å². The number of hydrogen-bond acceptors (Lipinski definition) is 4. The van der Waals surface area contributed by atoms with Crippen molar-refractivity contribution in [2.24, 2.45) is 10.7 Å². The Bertz CT molecular complexity index is 580. The fourth-order valence-electron chi connectivity index (χ4n) is 3.35. The van der Waals surface area contributed by atoms with Crippen LogP contribution in [0.15, 0.2) is 29.3 Å². The van der Waals surface area contributed by atoms with Crippen LogP contribution < -0.4 is 15.8 Å². The van der Waals surface area contributed by atoms with Crippen molar-refractivity contribution in [3.63, 3.8) is 0 Å². The number of halogens is 1. The summed E-state index contributed by atoms with van der Waals surface area (Å²) in [6, 6.07) is 8.72. The van der Waals surface area contributed by atoms with E-state index < -0.39 is 0 Å². The van der Waals surface area contributed by atoms with Gasteiger partial charge in [0.25, 0.3) is 0 Å². The monoisotopic (exact) mass is 518 g/mol. The summed E-state index contributed by atoms with van der Waals surface area (Å²) < 4.78 is 11.4. The molecule has 7 heteroatoms. The number of ether oxygens (including phenoxy) is 2. The standard InChI is InChI=1S/C22H38N4O2.HI/c1-3-4-5-6-12-24-22(23)25-18-19-8-7-9-21(17-19)28-16-13-26(2)20-10-14-27-15-11-20;/h7-9,17,20H,3-6,10-16,18H2,1-2H3,(H3,23,24,25);1H. The van der Waals surface area contributed by atoms with E-state index in [0.29, 0.717) is 25.2 Å². The molecule has 1 saturated heterocycles. The molecule has 1 heterocycles. The zero-order valence-electron chi connectivity index (χ0n) is 18.1. The number of likely N-dealkylation sites (N-methyl/N-ethyl adjacent to an activating group) is 1. The minimum atomic E-state index is 0. The summed E-state index contributed by atoms with van der Waals surface area (Å²) in [4.78, 5) is 6.81. The van der Waals surface area contributed by atoms with Crippen LogP contribution in [0.25, 0.3) is 0 Å². The number of rotatable bonds is 12. The SMILES string of the molecule is CCCCCCNC(N)=NCc1cccc(OCCN(C)C2CCOCC2)c1.I. The van der Waals surface area contributed by atoms with E-state index in [9.17, 15) is 0 Å². The van der Waals surface area contributed by atoms with Gasteiger partial charge < -0.3 is 20.5 Å². The first-order valence-corrected chi connectivity index (χ1v) is 10.7. The van der Waals surface area contributed by atoms with Crippen LogP contribution in [-0.2, 0) is 11.3 Å². The number of unbranched alkanes of at least 4 members (excludes halogenated alkanes) is 3. The summed E-state index contributed by atoms with van der Waals surface area (Å²) in [7, 11) is 2.17. The van der Waals surface area contributed by atoms with Crippen LogP contribution in [0.3, 0.4) is 0 Å². The van der Waals surface area contributed by atoms with Crippen LogP contribution in [0.5, 0.6) is 5.75 Å². The van der Waals surface area contributed by atoms with Crippen molar-refractivity contribution in [1.82, 2.24) is 10.2 Å². The van der Waals surface area contributed by atoms with Crippen molar-refractivity contribution in [2.75, 3.05) is 40.0 Å². The lowest BCUT2D eigenvalue weighted by atomic mass is 10.1. The highest BCUT2D eigenvalue weighted by Crippen LogP contribution is 2.15. The van der Waals surface area contributed by atoms with Crippen LogP contribution in [0.1, 0.15) is 51.0 Å². The van der Waals surface area contributed by atoms with E-state index in [4.69, 9.17) is 15.2 Å². The number of nitrogens with one attached hydrogen (secondary N) is 1. The van der Waals surface area contributed by atoms with Gasteiger partial charge in [0.05, 0.1) is 6.54 Å². The molecule has 0 aromatic heterocycles. The van der Waals surface area contributed by atoms with E-state index >= 15 is 0 Å². The van der Waals surface area contributed by atoms with Gasteiger partial charge in [-0.3, -0.25) is 4.90 Å². The Kier molecular flexibility index (Phi) is 14.1. The maximum Gasteiger partial charge on any atom is 0.188 e. The van der Waals surface area contributed by atoms with Gasteiger partial charge in [-0.05, 0) is 44.0 Å². The topological polar surface area (TPSA) is 72.1 Å². The summed E-state index contributed by atoms with van der Waals surface area (Å²) in [5.41, 5.74) is 7.05. The molecule has 0 atom stereocenters. The van der Waals surface area contributed by atoms with Crippen LogP contribution in [0, 0.1) is 0 Å². The molecule has 0 saturated carbocycles. The number of benzene rings is 1. The van der Waals surface area contributed by atoms with E-state index in [2.05, 4.69) is 35.2 Å². The van der Waals surface area contributed by atoms with Gasteiger partial charge >= 0.3 is 0 Å². The molecule has 2 rings (SSSR count). The summed E-state index contributed by atoms with van der Waals surface area (Å²) in [6.45, 7) is 7.01. The zero-order valence-corrected chi connectivity index (χ0v) is 20.4. The Hall–Kier alpha value is -1.06. The van der Waals surface area contributed by atoms with E-state index in [0.717, 1.165) is 56.9 Å². The van der Waals surface area contributed by atoms with E-state index in [1.807, 2.05) is 18.2 Å². The molecule has 29 heavy (non-hydrogen) atoms. The molecule has 0 bridgehead atoms. The van der Waals surface area contributed by atoms with E-state index in [-0.39, 0.29) is 24.0 Å². The van der Waals surface area contributed by atoms with Gasteiger partial charge in [-0.15, -0.1) is 24.0 Å². The average Bonchev–Trinajstić information content (AvgIpc) is 2.73. The first-order chi connectivity index (χ1) is 13.7. The summed E-state index contributed by atoms with van der Waals surface area (Å²) in [5.74, 6) is 1.40. The lowest BCUT2D eigenvalue weighted by molar-refractivity contribution is 0.0392. The molecule has 1 aliphatic rings. The van der Waals surface area contributed by atoms with Crippen molar-refractivity contribution in [2.45, 2.75) is 58.0 Å². The molecule has 1 aromatic rings. The maximum absolute atomic E-state index is 5.95. The van der Waals surface area contributed by atoms with Crippen LogP contribution >= 0.6 is 24.0 Å². The minimum Gasteiger partial charge on any atom is -0.492 e. The predicted octanol–water partition coefficient (Wildman–Crippen LogP) is 3.78. The molecule has 0 unspecified atom stereocenters. The molecule has 0 amide bonds. The van der Waals surface area contributed by atoms with Gasteiger partial charge in [0.15, 0.2) is 5.96 Å². The molecule has 3 N–H and O–H groups in total. The number of guanidine groups is 1. The quantitative estimate of drug-likeness (QED) is 0.191. The van der Waals surface area contributed by atoms with Crippen molar-refractivity contribution >= 4 is 29.9 Å². The molecule has 6 nitrogen and oxygen atoms in total. The van der Waals surface area contributed by atoms with Crippen molar-refractivity contribution < 1.29 is 9.47 Å². The third kappa shape index (κ3) is 11.1. The van der Waals surface area contributed by atoms with Gasteiger partial charge in [0.1, 0.15) is 12.4 Å². The number of hydrogen-bond donors (Lipinski definition) is 2. The molecule has 1 aromatic carbocycles. The Labute approximate surface area is 193 Å². The van der Waals surface area contributed by atoms with Crippen LogP contribution in [0.2, 0.25) is 0 Å². The van der Waals surface area contributed by atoms with Gasteiger partial charge in [-0.25, -0.2) is 4.99 Å². The smallest absolute Gasteiger partial charge is 0.188 e. The third-order valence-electron chi connectivity index (χ3n) is 5.19. The summed E-state index contributed by atoms with van der Waals surface area (Å²) >= 11 is 0. The number of nitrogens with two attached hydrogens (primary N) is 1. The highest BCUT2D eigenvalue weighted by molar-refractivity contribution is 14.0. The third-order valence-corrected chi connectivity index (χ3v) is 5.19. The largest absolute Gasteiger partial charge is 0.492 e. The fraction of sp³-hybridized carbons (Fsp3) is 0.682. The molecule has 0 spiro atoms. The highest BCUT2D eigenvalue weighted by Gasteiger charge is 2.17. The van der Waals surface area contributed by atoms with Gasteiger partial charge in [-0.1, -0.05) is 38.3 Å². The Morgan fingerprint density at radius 3 is 2.83 bits per heavy atom. The minimum absolute atomic E-state index is 0. The molecule has 1 aliphatic heterocycles. The second-order valence-electron chi connectivity index (χ2n) is 7.51. The molecule has 1 fully saturated rings. The Morgan fingerprint density at radius 1 is 1.28 bits per heavy atom.